The Labute approximate surface area is 149 Å². The van der Waals surface area contributed by atoms with Gasteiger partial charge in [0.25, 0.3) is 0 Å². The molecular weight excluding hydrogens is 364 g/mol. The number of carbonyl (C=O) groups excluding carboxylic acids is 1. The second kappa shape index (κ2) is 5.85. The SMILES string of the molecule is O=C1OC2(CCN(S(=O)(=O)c3c(F)cccc3F)CC2)c2ccccc21. The number of halogens is 2. The van der Waals surface area contributed by atoms with Crippen LogP contribution in [-0.4, -0.2) is 31.8 Å². The molecule has 0 aliphatic carbocycles. The number of fused-ring (bicyclic) bond motifs is 2. The van der Waals surface area contributed by atoms with Gasteiger partial charge in [-0.05, 0) is 18.2 Å². The van der Waals surface area contributed by atoms with E-state index < -0.39 is 38.1 Å². The van der Waals surface area contributed by atoms with Gasteiger partial charge in [0.05, 0.1) is 5.56 Å². The lowest BCUT2D eigenvalue weighted by Gasteiger charge is -2.37. The van der Waals surface area contributed by atoms with Crippen LogP contribution in [0, 0.1) is 11.6 Å². The van der Waals surface area contributed by atoms with Crippen LogP contribution in [0.3, 0.4) is 0 Å². The van der Waals surface area contributed by atoms with Crippen LogP contribution >= 0.6 is 0 Å². The third kappa shape index (κ3) is 2.44. The average molecular weight is 379 g/mol. The zero-order valence-corrected chi connectivity index (χ0v) is 14.4. The predicted molar refractivity (Wildman–Crippen MR) is 87.9 cm³/mol. The van der Waals surface area contributed by atoms with Crippen LogP contribution in [0.4, 0.5) is 8.78 Å². The third-order valence-electron chi connectivity index (χ3n) is 4.97. The Bertz CT molecular complexity index is 978. The van der Waals surface area contributed by atoms with Gasteiger partial charge in [-0.25, -0.2) is 22.0 Å². The topological polar surface area (TPSA) is 63.7 Å². The predicted octanol–water partition coefficient (Wildman–Crippen LogP) is 2.82. The summed E-state index contributed by atoms with van der Waals surface area (Å²) in [5.74, 6) is -2.68. The third-order valence-corrected chi connectivity index (χ3v) is 6.92. The largest absolute Gasteiger partial charge is 0.450 e. The first-order valence-electron chi connectivity index (χ1n) is 8.12. The Balaban J connectivity index is 1.63. The maximum Gasteiger partial charge on any atom is 0.339 e. The first-order chi connectivity index (χ1) is 12.3. The van der Waals surface area contributed by atoms with Crippen LogP contribution in [0.15, 0.2) is 47.4 Å². The van der Waals surface area contributed by atoms with E-state index in [4.69, 9.17) is 4.74 Å². The molecule has 2 aromatic rings. The van der Waals surface area contributed by atoms with Crippen LogP contribution in [-0.2, 0) is 20.4 Å². The Kier molecular flexibility index (Phi) is 3.85. The van der Waals surface area contributed by atoms with Crippen molar-refractivity contribution >= 4 is 16.0 Å². The Hall–Kier alpha value is -2.32. The lowest BCUT2D eigenvalue weighted by molar-refractivity contribution is -0.0329. The maximum absolute atomic E-state index is 13.9. The number of benzene rings is 2. The summed E-state index contributed by atoms with van der Waals surface area (Å²) in [6, 6.07) is 9.93. The molecule has 2 heterocycles. The molecule has 26 heavy (non-hydrogen) atoms. The van der Waals surface area contributed by atoms with Gasteiger partial charge in [-0.1, -0.05) is 24.3 Å². The quantitative estimate of drug-likeness (QED) is 0.753. The fourth-order valence-electron chi connectivity index (χ4n) is 3.66. The van der Waals surface area contributed by atoms with E-state index in [9.17, 15) is 22.0 Å². The van der Waals surface area contributed by atoms with E-state index in [0.29, 0.717) is 5.56 Å². The van der Waals surface area contributed by atoms with Crippen molar-refractivity contribution in [1.82, 2.24) is 4.31 Å². The highest BCUT2D eigenvalue weighted by Gasteiger charge is 2.49. The number of hydrogen-bond donors (Lipinski definition) is 0. The second-order valence-electron chi connectivity index (χ2n) is 6.38. The molecule has 2 aliphatic rings. The van der Waals surface area contributed by atoms with E-state index in [2.05, 4.69) is 0 Å². The Morgan fingerprint density at radius 3 is 2.23 bits per heavy atom. The van der Waals surface area contributed by atoms with Crippen LogP contribution in [0.25, 0.3) is 0 Å². The zero-order valence-electron chi connectivity index (χ0n) is 13.6. The number of ether oxygens (including phenoxy) is 1. The van der Waals surface area contributed by atoms with Gasteiger partial charge in [0, 0.05) is 31.5 Å². The van der Waals surface area contributed by atoms with Gasteiger partial charge >= 0.3 is 5.97 Å². The summed E-state index contributed by atoms with van der Waals surface area (Å²) in [6.45, 7) is -0.00452. The number of esters is 1. The molecule has 0 saturated carbocycles. The fourth-order valence-corrected chi connectivity index (χ4v) is 5.21. The normalized spacial score (nSPS) is 19.4. The molecule has 0 N–H and O–H groups in total. The van der Waals surface area contributed by atoms with E-state index in [-0.39, 0.29) is 25.9 Å². The fraction of sp³-hybridized carbons (Fsp3) is 0.278. The van der Waals surface area contributed by atoms with Gasteiger partial charge in [0.2, 0.25) is 10.0 Å². The molecule has 0 bridgehead atoms. The van der Waals surface area contributed by atoms with Crippen molar-refractivity contribution in [3.63, 3.8) is 0 Å². The van der Waals surface area contributed by atoms with Gasteiger partial charge in [-0.3, -0.25) is 0 Å². The van der Waals surface area contributed by atoms with Crippen molar-refractivity contribution in [3.8, 4) is 0 Å². The van der Waals surface area contributed by atoms with Crippen LogP contribution < -0.4 is 0 Å². The van der Waals surface area contributed by atoms with Crippen molar-refractivity contribution in [2.45, 2.75) is 23.3 Å². The first-order valence-corrected chi connectivity index (χ1v) is 9.56. The molecule has 4 rings (SSSR count). The first kappa shape index (κ1) is 17.1. The molecule has 0 unspecified atom stereocenters. The molecule has 1 saturated heterocycles. The zero-order chi connectivity index (χ0) is 18.5. The maximum atomic E-state index is 13.9. The molecule has 0 aromatic heterocycles. The van der Waals surface area contributed by atoms with E-state index >= 15 is 0 Å². The van der Waals surface area contributed by atoms with Crippen molar-refractivity contribution < 1.29 is 26.7 Å². The minimum atomic E-state index is -4.32. The lowest BCUT2D eigenvalue weighted by Crippen LogP contribution is -2.45. The van der Waals surface area contributed by atoms with E-state index in [1.165, 1.54) is 0 Å². The standard InChI is InChI=1S/C18H15F2NO4S/c19-14-6-3-7-15(20)16(14)26(23,24)21-10-8-18(9-11-21)13-5-2-1-4-12(13)17(22)25-18/h1-7H,8-11H2. The summed E-state index contributed by atoms with van der Waals surface area (Å²) in [5, 5.41) is 0. The smallest absolute Gasteiger partial charge is 0.339 e. The van der Waals surface area contributed by atoms with E-state index in [0.717, 1.165) is 28.1 Å². The lowest BCUT2D eigenvalue weighted by atomic mass is 9.84. The molecular formula is C18H15F2NO4S. The number of piperidine rings is 1. The molecule has 0 radical (unpaired) electrons. The number of sulfonamides is 1. The van der Waals surface area contributed by atoms with Crippen LogP contribution in [0.2, 0.25) is 0 Å². The van der Waals surface area contributed by atoms with Crippen molar-refractivity contribution in [1.29, 1.82) is 0 Å². The molecule has 2 aromatic carbocycles. The molecule has 136 valence electrons. The monoisotopic (exact) mass is 379 g/mol. The minimum Gasteiger partial charge on any atom is -0.450 e. The number of carbonyl (C=O) groups is 1. The summed E-state index contributed by atoms with van der Waals surface area (Å²) in [7, 11) is -4.32. The Morgan fingerprint density at radius 1 is 0.962 bits per heavy atom. The molecule has 1 fully saturated rings. The van der Waals surface area contributed by atoms with Gasteiger partial charge in [-0.15, -0.1) is 0 Å². The van der Waals surface area contributed by atoms with Crippen LogP contribution in [0.1, 0.15) is 28.8 Å². The molecule has 0 amide bonds. The number of nitrogens with zero attached hydrogens (tertiary/aromatic N) is 1. The summed E-state index contributed by atoms with van der Waals surface area (Å²) in [5.41, 5.74) is 0.330. The van der Waals surface area contributed by atoms with Crippen molar-refractivity contribution in [3.05, 3.63) is 65.2 Å². The van der Waals surface area contributed by atoms with Gasteiger partial charge in [-0.2, -0.15) is 4.31 Å². The summed E-state index contributed by atoms with van der Waals surface area (Å²) >= 11 is 0. The Morgan fingerprint density at radius 2 is 1.58 bits per heavy atom. The highest BCUT2D eigenvalue weighted by molar-refractivity contribution is 7.89. The van der Waals surface area contributed by atoms with Gasteiger partial charge in [0.1, 0.15) is 17.2 Å². The second-order valence-corrected chi connectivity index (χ2v) is 8.26. The molecule has 0 atom stereocenters. The van der Waals surface area contributed by atoms with Crippen molar-refractivity contribution in [2.24, 2.45) is 0 Å². The summed E-state index contributed by atoms with van der Waals surface area (Å²) in [6.07, 6.45) is 0.454. The number of hydrogen-bond acceptors (Lipinski definition) is 4. The minimum absolute atomic E-state index is 0.00226. The molecule has 5 nitrogen and oxygen atoms in total. The van der Waals surface area contributed by atoms with E-state index in [1.807, 2.05) is 0 Å². The molecule has 8 heteroatoms. The molecule has 1 spiro atoms. The van der Waals surface area contributed by atoms with Gasteiger partial charge < -0.3 is 4.74 Å². The summed E-state index contributed by atoms with van der Waals surface area (Å²) in [4.78, 5) is 11.1. The highest BCUT2D eigenvalue weighted by atomic mass is 32.2. The highest BCUT2D eigenvalue weighted by Crippen LogP contribution is 2.44. The average Bonchev–Trinajstić information content (AvgIpc) is 2.87. The number of rotatable bonds is 2. The van der Waals surface area contributed by atoms with Crippen molar-refractivity contribution in [2.75, 3.05) is 13.1 Å². The van der Waals surface area contributed by atoms with Crippen LogP contribution in [0.5, 0.6) is 0 Å². The summed E-state index contributed by atoms with van der Waals surface area (Å²) < 4.78 is 59.8. The van der Waals surface area contributed by atoms with E-state index in [1.54, 1.807) is 24.3 Å². The van der Waals surface area contributed by atoms with Gasteiger partial charge in [0.15, 0.2) is 4.90 Å². The molecule has 2 aliphatic heterocycles.